The van der Waals surface area contributed by atoms with Crippen LogP contribution in [-0.2, 0) is 20.0 Å². The van der Waals surface area contributed by atoms with E-state index in [1.807, 2.05) is 16.9 Å². The molecule has 5 rings (SSSR count). The predicted molar refractivity (Wildman–Crippen MR) is 135 cm³/mol. The van der Waals surface area contributed by atoms with E-state index in [9.17, 15) is 26.0 Å². The average molecular weight is 565 g/mol. The maximum absolute atomic E-state index is 15.1. The fourth-order valence-corrected chi connectivity index (χ4v) is 6.55. The van der Waals surface area contributed by atoms with Crippen LogP contribution in [0.5, 0.6) is 0 Å². The fraction of sp³-hybridized carbons (Fsp3) is 0.250. The Morgan fingerprint density at radius 2 is 1.76 bits per heavy atom. The lowest BCUT2D eigenvalue weighted by atomic mass is 9.87. The molecular formula is C24H22F2N4O6S2. The third-order valence-electron chi connectivity index (χ3n) is 6.50. The summed E-state index contributed by atoms with van der Waals surface area (Å²) in [5, 5.41) is 0. The van der Waals surface area contributed by atoms with E-state index in [0.29, 0.717) is 18.7 Å². The van der Waals surface area contributed by atoms with E-state index in [0.717, 1.165) is 30.0 Å². The van der Waals surface area contributed by atoms with Crippen LogP contribution in [-0.4, -0.2) is 50.0 Å². The highest BCUT2D eigenvalue weighted by Gasteiger charge is 2.36. The van der Waals surface area contributed by atoms with Crippen LogP contribution in [0.1, 0.15) is 30.0 Å². The van der Waals surface area contributed by atoms with Gasteiger partial charge in [-0.1, -0.05) is 30.3 Å². The molecule has 1 aliphatic heterocycles. The first-order valence-electron chi connectivity index (χ1n) is 11.4. The molecule has 200 valence electrons. The zero-order valence-electron chi connectivity index (χ0n) is 20.1. The Hall–Kier alpha value is -3.62. The van der Waals surface area contributed by atoms with Crippen molar-refractivity contribution in [3.8, 4) is 0 Å². The van der Waals surface area contributed by atoms with Gasteiger partial charge in [0.25, 0.3) is 10.0 Å². The van der Waals surface area contributed by atoms with Crippen LogP contribution < -0.4 is 10.5 Å². The fourth-order valence-electron chi connectivity index (χ4n) is 4.57. The summed E-state index contributed by atoms with van der Waals surface area (Å²) in [5.41, 5.74) is 1.42. The number of fused-ring (bicyclic) bond motifs is 1. The van der Waals surface area contributed by atoms with Crippen molar-refractivity contribution in [2.24, 2.45) is 0 Å². The zero-order chi connectivity index (χ0) is 27.4. The Balaban J connectivity index is 1.51. The van der Waals surface area contributed by atoms with E-state index < -0.39 is 48.5 Å². The molecule has 1 saturated heterocycles. The van der Waals surface area contributed by atoms with Gasteiger partial charge in [0.2, 0.25) is 16.0 Å². The molecule has 10 nitrogen and oxygen atoms in total. The normalized spacial score (nSPS) is 15.9. The van der Waals surface area contributed by atoms with Gasteiger partial charge in [-0.15, -0.1) is 0 Å². The molecule has 2 aromatic heterocycles. The molecule has 0 radical (unpaired) electrons. The van der Waals surface area contributed by atoms with Crippen LogP contribution in [0.25, 0.3) is 11.1 Å². The van der Waals surface area contributed by atoms with Crippen molar-refractivity contribution in [2.75, 3.05) is 24.1 Å². The van der Waals surface area contributed by atoms with Crippen molar-refractivity contribution in [2.45, 2.75) is 23.8 Å². The van der Waals surface area contributed by atoms with Crippen LogP contribution in [0.4, 0.5) is 14.6 Å². The van der Waals surface area contributed by atoms with Crippen LogP contribution in [0.15, 0.2) is 68.7 Å². The summed E-state index contributed by atoms with van der Waals surface area (Å²) in [7, 11) is -7.86. The molecule has 1 atom stereocenters. The van der Waals surface area contributed by atoms with Crippen molar-refractivity contribution in [1.82, 2.24) is 13.9 Å². The number of sulfonamides is 2. The van der Waals surface area contributed by atoms with Crippen LogP contribution in [0, 0.1) is 11.8 Å². The lowest BCUT2D eigenvalue weighted by Gasteiger charge is -2.38. The second-order valence-corrected chi connectivity index (χ2v) is 12.7. The van der Waals surface area contributed by atoms with Crippen LogP contribution in [0.2, 0.25) is 0 Å². The van der Waals surface area contributed by atoms with E-state index in [4.69, 9.17) is 4.42 Å². The molecule has 38 heavy (non-hydrogen) atoms. The lowest BCUT2D eigenvalue weighted by Crippen LogP contribution is -2.48. The summed E-state index contributed by atoms with van der Waals surface area (Å²) in [5.74, 6) is -3.35. The van der Waals surface area contributed by atoms with Gasteiger partial charge in [0.15, 0.2) is 5.58 Å². The second kappa shape index (κ2) is 9.29. The first-order chi connectivity index (χ1) is 17.8. The first-order valence-corrected chi connectivity index (χ1v) is 14.7. The van der Waals surface area contributed by atoms with Crippen LogP contribution in [0.3, 0.4) is 0 Å². The standard InChI is InChI=1S/C24H22F2N4O6S2/c1-14(16-6-3-4-7-17(16)15-12-29(13-15)37(2,32)33)30-19-10-18(25)21(11-20(19)36-24(30)31)38(34,35)28-23-9-5-8-22(26)27-23/h3-11,14-15H,12-13H2,1-2H3,(H,27,28). The molecule has 2 aromatic carbocycles. The number of oxazole rings is 1. The number of halogens is 2. The molecule has 0 aliphatic carbocycles. The van der Waals surface area contributed by atoms with Gasteiger partial charge in [0.05, 0.1) is 17.8 Å². The van der Waals surface area contributed by atoms with Gasteiger partial charge in [-0.3, -0.25) is 9.29 Å². The van der Waals surface area contributed by atoms with E-state index in [1.54, 1.807) is 19.1 Å². The number of hydrogen-bond acceptors (Lipinski definition) is 7. The molecule has 0 spiro atoms. The molecule has 0 amide bonds. The first kappa shape index (κ1) is 26.0. The van der Waals surface area contributed by atoms with Gasteiger partial charge in [0.1, 0.15) is 16.5 Å². The number of pyridine rings is 1. The summed E-state index contributed by atoms with van der Waals surface area (Å²) < 4.78 is 87.6. The van der Waals surface area contributed by atoms with Gasteiger partial charge in [-0.25, -0.2) is 35.3 Å². The number of anilines is 1. The van der Waals surface area contributed by atoms with Crippen LogP contribution >= 0.6 is 0 Å². The molecule has 14 heteroatoms. The zero-order valence-corrected chi connectivity index (χ0v) is 21.8. The average Bonchev–Trinajstić information content (AvgIpc) is 3.10. The predicted octanol–water partition coefficient (Wildman–Crippen LogP) is 3.04. The van der Waals surface area contributed by atoms with Crippen molar-refractivity contribution in [3.63, 3.8) is 0 Å². The molecule has 1 unspecified atom stereocenters. The molecule has 4 aromatic rings. The monoisotopic (exact) mass is 564 g/mol. The van der Waals surface area contributed by atoms with Gasteiger partial charge in [-0.2, -0.15) is 4.39 Å². The van der Waals surface area contributed by atoms with E-state index in [2.05, 4.69) is 4.98 Å². The number of rotatable bonds is 7. The Kier molecular flexibility index (Phi) is 6.36. The summed E-state index contributed by atoms with van der Waals surface area (Å²) in [6, 6.07) is 11.8. The smallest absolute Gasteiger partial charge is 0.408 e. The largest absolute Gasteiger partial charge is 0.420 e. The quantitative estimate of drug-likeness (QED) is 0.341. The van der Waals surface area contributed by atoms with Gasteiger partial charge in [-0.05, 0) is 30.2 Å². The number of nitrogens with one attached hydrogen (secondary N) is 1. The highest BCUT2D eigenvalue weighted by Crippen LogP contribution is 2.35. The maximum Gasteiger partial charge on any atom is 0.420 e. The molecule has 0 saturated carbocycles. The highest BCUT2D eigenvalue weighted by atomic mass is 32.2. The number of aromatic nitrogens is 2. The third kappa shape index (κ3) is 4.70. The molecule has 3 heterocycles. The number of hydrogen-bond donors (Lipinski definition) is 1. The van der Waals surface area contributed by atoms with Gasteiger partial charge >= 0.3 is 5.76 Å². The Morgan fingerprint density at radius 3 is 2.45 bits per heavy atom. The summed E-state index contributed by atoms with van der Waals surface area (Å²) in [6.07, 6.45) is 1.14. The minimum absolute atomic E-state index is 0.0315. The van der Waals surface area contributed by atoms with E-state index in [-0.39, 0.29) is 22.8 Å². The lowest BCUT2D eigenvalue weighted by molar-refractivity contribution is 0.264. The Labute approximate surface area is 216 Å². The third-order valence-corrected chi connectivity index (χ3v) is 9.11. The van der Waals surface area contributed by atoms with Gasteiger partial charge in [0, 0.05) is 31.1 Å². The SMILES string of the molecule is CC(c1ccccc1C1CN(S(C)(=O)=O)C1)n1c(=O)oc2cc(S(=O)(=O)Nc3cccc(F)n3)c(F)cc21. The molecule has 1 aliphatic rings. The number of nitrogens with zero attached hydrogens (tertiary/aromatic N) is 3. The molecular weight excluding hydrogens is 542 g/mol. The number of benzene rings is 2. The summed E-state index contributed by atoms with van der Waals surface area (Å²) in [6.45, 7) is 2.31. The van der Waals surface area contributed by atoms with E-state index in [1.165, 1.54) is 21.0 Å². The molecule has 1 fully saturated rings. The summed E-state index contributed by atoms with van der Waals surface area (Å²) in [4.78, 5) is 15.5. The van der Waals surface area contributed by atoms with Crippen molar-refractivity contribution < 1.29 is 30.0 Å². The minimum Gasteiger partial charge on any atom is -0.408 e. The Morgan fingerprint density at radius 1 is 1.05 bits per heavy atom. The second-order valence-electron chi connectivity index (χ2n) is 9.02. The molecule has 1 N–H and O–H groups in total. The van der Waals surface area contributed by atoms with Gasteiger partial charge < -0.3 is 4.42 Å². The minimum atomic E-state index is -4.54. The summed E-state index contributed by atoms with van der Waals surface area (Å²) >= 11 is 0. The highest BCUT2D eigenvalue weighted by molar-refractivity contribution is 7.92. The van der Waals surface area contributed by atoms with Crippen molar-refractivity contribution >= 4 is 37.0 Å². The maximum atomic E-state index is 15.1. The van der Waals surface area contributed by atoms with E-state index >= 15 is 4.39 Å². The van der Waals surface area contributed by atoms with Crippen molar-refractivity contribution in [3.05, 3.63) is 88.0 Å². The van der Waals surface area contributed by atoms with Crippen molar-refractivity contribution in [1.29, 1.82) is 0 Å². The Bertz CT molecular complexity index is 1830. The topological polar surface area (TPSA) is 132 Å². The molecule has 0 bridgehead atoms.